The highest BCUT2D eigenvalue weighted by molar-refractivity contribution is 7.86. The van der Waals surface area contributed by atoms with Gasteiger partial charge in [-0.2, -0.15) is 8.42 Å². The van der Waals surface area contributed by atoms with Crippen molar-refractivity contribution in [2.45, 2.75) is 83.0 Å². The Morgan fingerprint density at radius 3 is 2.06 bits per heavy atom. The molecule has 0 bridgehead atoms. The lowest BCUT2D eigenvalue weighted by molar-refractivity contribution is 0.147. The lowest BCUT2D eigenvalue weighted by atomic mass is 10.0. The van der Waals surface area contributed by atoms with E-state index in [1.165, 1.54) is 12.8 Å². The van der Waals surface area contributed by atoms with Crippen molar-refractivity contribution in [3.8, 4) is 0 Å². The molecule has 4 nitrogen and oxygen atoms in total. The van der Waals surface area contributed by atoms with E-state index in [2.05, 4.69) is 6.92 Å². The molecule has 2 N–H and O–H groups in total. The highest BCUT2D eigenvalue weighted by Crippen LogP contribution is 2.16. The van der Waals surface area contributed by atoms with E-state index in [1.807, 2.05) is 0 Å². The second-order valence-electron chi connectivity index (χ2n) is 4.98. The third-order valence-corrected chi connectivity index (χ3v) is 4.74. The maximum atomic E-state index is 11.0. The van der Waals surface area contributed by atoms with Gasteiger partial charge in [-0.1, -0.05) is 39.5 Å². The van der Waals surface area contributed by atoms with E-state index >= 15 is 0 Å². The van der Waals surface area contributed by atoms with Gasteiger partial charge in [-0.15, -0.1) is 0 Å². The third-order valence-electron chi connectivity index (χ3n) is 3.33. The molecule has 0 saturated heterocycles. The molecule has 0 aromatic rings. The first-order valence-corrected chi connectivity index (χ1v) is 8.56. The normalized spacial score (nSPS) is 15.6. The Morgan fingerprint density at radius 1 is 0.944 bits per heavy atom. The summed E-state index contributed by atoms with van der Waals surface area (Å²) in [6.07, 6.45) is 7.15. The van der Waals surface area contributed by atoms with E-state index in [0.717, 1.165) is 19.3 Å². The Bertz CT molecular complexity index is 287. The van der Waals surface area contributed by atoms with Crippen LogP contribution in [0.15, 0.2) is 0 Å². The van der Waals surface area contributed by atoms with Gasteiger partial charge in [-0.3, -0.25) is 4.55 Å². The molecule has 0 spiro atoms. The second kappa shape index (κ2) is 9.75. The van der Waals surface area contributed by atoms with Gasteiger partial charge in [0, 0.05) is 0 Å². The topological polar surface area (TPSA) is 74.6 Å². The minimum Gasteiger partial charge on any atom is -0.393 e. The van der Waals surface area contributed by atoms with Crippen LogP contribution in [0.25, 0.3) is 0 Å². The second-order valence-corrected chi connectivity index (χ2v) is 6.68. The molecule has 0 aliphatic carbocycles. The van der Waals surface area contributed by atoms with Crippen molar-refractivity contribution in [2.24, 2.45) is 0 Å². The van der Waals surface area contributed by atoms with Crippen molar-refractivity contribution in [3.63, 3.8) is 0 Å². The minimum atomic E-state index is -3.92. The van der Waals surface area contributed by atoms with E-state index < -0.39 is 15.4 Å². The highest BCUT2D eigenvalue weighted by atomic mass is 32.2. The van der Waals surface area contributed by atoms with Crippen LogP contribution in [-0.2, 0) is 10.1 Å². The SMILES string of the molecule is CCCCCCC(O)CCCC(CC)S(=O)(=O)O. The van der Waals surface area contributed by atoms with Crippen LogP contribution in [-0.4, -0.2) is 29.4 Å². The van der Waals surface area contributed by atoms with Crippen LogP contribution in [0.1, 0.15) is 71.6 Å². The van der Waals surface area contributed by atoms with Crippen molar-refractivity contribution >= 4 is 10.1 Å². The largest absolute Gasteiger partial charge is 0.393 e. The predicted octanol–water partition coefficient (Wildman–Crippen LogP) is 3.15. The van der Waals surface area contributed by atoms with Crippen LogP contribution >= 0.6 is 0 Å². The fourth-order valence-electron chi connectivity index (χ4n) is 2.10. The van der Waals surface area contributed by atoms with E-state index in [9.17, 15) is 13.5 Å². The molecule has 0 aromatic heterocycles. The van der Waals surface area contributed by atoms with Crippen molar-refractivity contribution in [2.75, 3.05) is 0 Å². The number of unbranched alkanes of at least 4 members (excludes halogenated alkanes) is 3. The quantitative estimate of drug-likeness (QED) is 0.450. The van der Waals surface area contributed by atoms with Crippen molar-refractivity contribution in [1.82, 2.24) is 0 Å². The average molecular weight is 280 g/mol. The highest BCUT2D eigenvalue weighted by Gasteiger charge is 2.20. The molecule has 0 rings (SSSR count). The summed E-state index contributed by atoms with van der Waals surface area (Å²) in [7, 11) is -3.92. The summed E-state index contributed by atoms with van der Waals surface area (Å²) in [4.78, 5) is 0. The Kier molecular flexibility index (Phi) is 9.68. The van der Waals surface area contributed by atoms with Gasteiger partial charge in [0.1, 0.15) is 0 Å². The smallest absolute Gasteiger partial charge is 0.267 e. The van der Waals surface area contributed by atoms with E-state index in [0.29, 0.717) is 25.7 Å². The van der Waals surface area contributed by atoms with Crippen molar-refractivity contribution in [1.29, 1.82) is 0 Å². The van der Waals surface area contributed by atoms with Gasteiger partial charge in [0.15, 0.2) is 0 Å². The number of rotatable bonds is 11. The molecule has 0 aliphatic heterocycles. The van der Waals surface area contributed by atoms with Crippen LogP contribution in [0.5, 0.6) is 0 Å². The van der Waals surface area contributed by atoms with E-state index in [4.69, 9.17) is 4.55 Å². The van der Waals surface area contributed by atoms with Crippen LogP contribution in [0.4, 0.5) is 0 Å². The molecular formula is C13H28O4S. The lowest BCUT2D eigenvalue weighted by Crippen LogP contribution is -2.20. The number of aliphatic hydroxyl groups excluding tert-OH is 1. The summed E-state index contributed by atoms with van der Waals surface area (Å²) in [5, 5.41) is 9.05. The summed E-state index contributed by atoms with van der Waals surface area (Å²) in [5.41, 5.74) is 0. The molecule has 110 valence electrons. The molecule has 0 radical (unpaired) electrons. The van der Waals surface area contributed by atoms with Gasteiger partial charge >= 0.3 is 0 Å². The Labute approximate surface area is 112 Å². The summed E-state index contributed by atoms with van der Waals surface area (Å²) in [6.45, 7) is 3.90. The summed E-state index contributed by atoms with van der Waals surface area (Å²) < 4.78 is 30.9. The third kappa shape index (κ3) is 8.89. The minimum absolute atomic E-state index is 0.333. The fourth-order valence-corrected chi connectivity index (χ4v) is 2.98. The van der Waals surface area contributed by atoms with Crippen molar-refractivity contribution in [3.05, 3.63) is 0 Å². The number of aliphatic hydroxyl groups is 1. The monoisotopic (exact) mass is 280 g/mol. The fraction of sp³-hybridized carbons (Fsp3) is 1.00. The molecule has 2 atom stereocenters. The van der Waals surface area contributed by atoms with Crippen LogP contribution in [0.2, 0.25) is 0 Å². The molecule has 0 fully saturated rings. The van der Waals surface area contributed by atoms with Crippen LogP contribution < -0.4 is 0 Å². The zero-order chi connectivity index (χ0) is 14.0. The lowest BCUT2D eigenvalue weighted by Gasteiger charge is -2.13. The molecule has 18 heavy (non-hydrogen) atoms. The maximum absolute atomic E-state index is 11.0. The van der Waals surface area contributed by atoms with Crippen molar-refractivity contribution < 1.29 is 18.1 Å². The Balaban J connectivity index is 3.69. The molecule has 0 heterocycles. The first kappa shape index (κ1) is 17.9. The number of hydrogen-bond acceptors (Lipinski definition) is 3. The summed E-state index contributed by atoms with van der Waals surface area (Å²) in [6, 6.07) is 0. The Morgan fingerprint density at radius 2 is 1.56 bits per heavy atom. The summed E-state index contributed by atoms with van der Waals surface area (Å²) in [5.74, 6) is 0. The first-order valence-electron chi connectivity index (χ1n) is 7.06. The zero-order valence-electron chi connectivity index (χ0n) is 11.6. The number of hydrogen-bond donors (Lipinski definition) is 2. The van der Waals surface area contributed by atoms with E-state index in [-0.39, 0.29) is 6.10 Å². The zero-order valence-corrected chi connectivity index (χ0v) is 12.5. The maximum Gasteiger partial charge on any atom is 0.267 e. The van der Waals surface area contributed by atoms with Gasteiger partial charge in [-0.25, -0.2) is 0 Å². The van der Waals surface area contributed by atoms with Gasteiger partial charge in [0.2, 0.25) is 0 Å². The summed E-state index contributed by atoms with van der Waals surface area (Å²) >= 11 is 0. The molecule has 0 aromatic carbocycles. The van der Waals surface area contributed by atoms with E-state index in [1.54, 1.807) is 6.92 Å². The van der Waals surface area contributed by atoms with Crippen LogP contribution in [0.3, 0.4) is 0 Å². The Hall–Kier alpha value is -0.130. The first-order chi connectivity index (χ1) is 8.41. The van der Waals surface area contributed by atoms with Gasteiger partial charge in [-0.05, 0) is 32.1 Å². The molecule has 0 aliphatic rings. The van der Waals surface area contributed by atoms with Crippen LogP contribution in [0, 0.1) is 0 Å². The molecule has 5 heteroatoms. The van der Waals surface area contributed by atoms with Gasteiger partial charge in [0.05, 0.1) is 11.4 Å². The molecule has 0 amide bonds. The predicted molar refractivity (Wildman–Crippen MR) is 74.2 cm³/mol. The molecule has 0 saturated carbocycles. The standard InChI is InChI=1S/C13H28O4S/c1-3-5-6-7-9-12(14)10-8-11-13(4-2)18(15,16)17/h12-14H,3-11H2,1-2H3,(H,15,16,17). The molecule has 2 unspecified atom stereocenters. The van der Waals surface area contributed by atoms with Gasteiger partial charge < -0.3 is 5.11 Å². The average Bonchev–Trinajstić information content (AvgIpc) is 2.28. The van der Waals surface area contributed by atoms with Gasteiger partial charge in [0.25, 0.3) is 10.1 Å². The molecular weight excluding hydrogens is 252 g/mol.